The molecule has 8 nitrogen and oxygen atoms in total. The van der Waals surface area contributed by atoms with E-state index in [-0.39, 0.29) is 23.5 Å². The van der Waals surface area contributed by atoms with Crippen LogP contribution in [-0.4, -0.2) is 46.0 Å². The predicted molar refractivity (Wildman–Crippen MR) is 137 cm³/mol. The molecule has 37 heavy (non-hydrogen) atoms. The molecule has 2 atom stereocenters. The van der Waals surface area contributed by atoms with Crippen molar-refractivity contribution in [3.63, 3.8) is 0 Å². The number of aromatic carboxylic acids is 1. The lowest BCUT2D eigenvalue weighted by molar-refractivity contribution is -0.136. The van der Waals surface area contributed by atoms with Crippen molar-refractivity contribution in [1.82, 2.24) is 4.57 Å². The third-order valence-corrected chi connectivity index (χ3v) is 7.31. The highest BCUT2D eigenvalue weighted by Crippen LogP contribution is 2.39. The van der Waals surface area contributed by atoms with Gasteiger partial charge in [-0.2, -0.15) is 0 Å². The Hall–Kier alpha value is -3.78. The van der Waals surface area contributed by atoms with Gasteiger partial charge in [-0.1, -0.05) is 24.3 Å². The summed E-state index contributed by atoms with van der Waals surface area (Å²) in [4.78, 5) is 23.0. The molecule has 0 aliphatic heterocycles. The molecule has 1 heterocycles. The second-order valence-corrected chi connectivity index (χ2v) is 9.80. The molecule has 0 radical (unpaired) electrons. The molecule has 1 aliphatic carbocycles. The molecule has 0 fully saturated rings. The van der Waals surface area contributed by atoms with Gasteiger partial charge in [-0.3, -0.25) is 4.79 Å². The van der Waals surface area contributed by atoms with Gasteiger partial charge in [-0.15, -0.1) is 0 Å². The van der Waals surface area contributed by atoms with Crippen molar-refractivity contribution in [2.75, 3.05) is 14.2 Å². The lowest BCUT2D eigenvalue weighted by atomic mass is 9.85. The molecule has 3 N–H and O–H groups in total. The van der Waals surface area contributed by atoms with Gasteiger partial charge < -0.3 is 29.4 Å². The molecule has 0 unspecified atom stereocenters. The number of fused-ring (bicyclic) bond motifs is 1. The summed E-state index contributed by atoms with van der Waals surface area (Å²) >= 11 is 0. The van der Waals surface area contributed by atoms with Gasteiger partial charge in [0.2, 0.25) is 0 Å². The summed E-state index contributed by atoms with van der Waals surface area (Å²) < 4.78 is 12.7. The predicted octanol–water partition coefficient (Wildman–Crippen LogP) is 4.29. The lowest BCUT2D eigenvalue weighted by Crippen LogP contribution is -2.22. The standard InChI is InChI=1S/C29H33NO7/c1-17-25(36-2)11-21(12-26(17)37-3)28(33)23(10-18-8-19-6-4-5-7-20(19)9-18)15-30-14-22(13-27(31)32)24(16-30)29(34)35/h4-7,11-12,14,16,18,23,28,33H,8-10,13,15H2,1-3H3,(H,31,32)(H,34,35)/t23-,28+/m0/s1. The third-order valence-electron chi connectivity index (χ3n) is 7.31. The van der Waals surface area contributed by atoms with Gasteiger partial charge in [-0.25, -0.2) is 4.79 Å². The zero-order valence-corrected chi connectivity index (χ0v) is 21.3. The van der Waals surface area contributed by atoms with Gasteiger partial charge in [0.1, 0.15) is 11.5 Å². The van der Waals surface area contributed by atoms with E-state index in [0.717, 1.165) is 18.4 Å². The Labute approximate surface area is 216 Å². The molecule has 1 aromatic heterocycles. The number of hydrogen-bond acceptors (Lipinski definition) is 5. The van der Waals surface area contributed by atoms with Gasteiger partial charge in [0.05, 0.1) is 32.3 Å². The molecule has 8 heteroatoms. The number of aliphatic hydroxyl groups is 1. The molecule has 0 bridgehead atoms. The van der Waals surface area contributed by atoms with Crippen molar-refractivity contribution < 1.29 is 34.4 Å². The first-order valence-electron chi connectivity index (χ1n) is 12.3. The van der Waals surface area contributed by atoms with Gasteiger partial charge in [0.25, 0.3) is 0 Å². The summed E-state index contributed by atoms with van der Waals surface area (Å²) in [5.74, 6) is -1.01. The van der Waals surface area contributed by atoms with Crippen LogP contribution in [0.3, 0.4) is 0 Å². The van der Waals surface area contributed by atoms with Crippen LogP contribution in [-0.2, 0) is 30.6 Å². The summed E-state index contributed by atoms with van der Waals surface area (Å²) in [6.45, 7) is 2.21. The van der Waals surface area contributed by atoms with E-state index in [4.69, 9.17) is 9.47 Å². The number of nitrogens with zero attached hydrogens (tertiary/aromatic N) is 1. The quantitative estimate of drug-likeness (QED) is 0.354. The van der Waals surface area contributed by atoms with E-state index in [2.05, 4.69) is 12.1 Å². The Bertz CT molecular complexity index is 1250. The van der Waals surface area contributed by atoms with Gasteiger partial charge in [-0.05, 0) is 66.5 Å². The van der Waals surface area contributed by atoms with Crippen LogP contribution in [0.1, 0.15) is 50.7 Å². The van der Waals surface area contributed by atoms with E-state index in [1.165, 1.54) is 17.3 Å². The fraction of sp³-hybridized carbons (Fsp3) is 0.379. The van der Waals surface area contributed by atoms with Crippen molar-refractivity contribution in [2.45, 2.75) is 45.3 Å². The molecule has 3 aromatic rings. The van der Waals surface area contributed by atoms with Crippen molar-refractivity contribution >= 4 is 11.9 Å². The Morgan fingerprint density at radius 1 is 1.03 bits per heavy atom. The number of carboxylic acids is 2. The first kappa shape index (κ1) is 26.3. The number of carbonyl (C=O) groups is 2. The number of methoxy groups -OCH3 is 2. The minimum Gasteiger partial charge on any atom is -0.496 e. The Morgan fingerprint density at radius 3 is 2.14 bits per heavy atom. The minimum atomic E-state index is -1.17. The van der Waals surface area contributed by atoms with E-state index in [1.807, 2.05) is 31.2 Å². The average molecular weight is 508 g/mol. The number of ether oxygens (including phenoxy) is 2. The van der Waals surface area contributed by atoms with Crippen LogP contribution in [0.15, 0.2) is 48.8 Å². The Balaban J connectivity index is 1.67. The van der Waals surface area contributed by atoms with E-state index >= 15 is 0 Å². The van der Waals surface area contributed by atoms with Crippen LogP contribution in [0, 0.1) is 18.8 Å². The Kier molecular flexibility index (Phi) is 7.88. The SMILES string of the molecule is COc1cc([C@@H](O)[C@@H](CC2Cc3ccccc3C2)Cn2cc(CC(=O)O)c(C(=O)O)c2)cc(OC)c1C. The number of benzene rings is 2. The summed E-state index contributed by atoms with van der Waals surface area (Å²) in [5.41, 5.74) is 4.31. The topological polar surface area (TPSA) is 118 Å². The van der Waals surface area contributed by atoms with E-state index in [0.29, 0.717) is 35.9 Å². The lowest BCUT2D eigenvalue weighted by Gasteiger charge is -2.27. The van der Waals surface area contributed by atoms with Gasteiger partial charge >= 0.3 is 11.9 Å². The molecule has 4 rings (SSSR count). The molecule has 0 spiro atoms. The zero-order valence-electron chi connectivity index (χ0n) is 21.3. The van der Waals surface area contributed by atoms with Crippen LogP contribution >= 0.6 is 0 Å². The van der Waals surface area contributed by atoms with Crippen LogP contribution < -0.4 is 9.47 Å². The zero-order chi connectivity index (χ0) is 26.7. The average Bonchev–Trinajstić information content (AvgIpc) is 3.46. The molecule has 196 valence electrons. The highest BCUT2D eigenvalue weighted by atomic mass is 16.5. The monoisotopic (exact) mass is 507 g/mol. The second kappa shape index (κ2) is 11.1. The van der Waals surface area contributed by atoms with Crippen LogP contribution in [0.4, 0.5) is 0 Å². The molecular formula is C29H33NO7. The van der Waals surface area contributed by atoms with E-state index in [1.54, 1.807) is 25.0 Å². The highest BCUT2D eigenvalue weighted by Gasteiger charge is 2.30. The normalized spacial score (nSPS) is 14.7. The Morgan fingerprint density at radius 2 is 1.62 bits per heavy atom. The maximum atomic E-state index is 11.8. The number of hydrogen-bond donors (Lipinski definition) is 3. The molecular weight excluding hydrogens is 474 g/mol. The summed E-state index contributed by atoms with van der Waals surface area (Å²) in [6.07, 6.45) is 4.28. The van der Waals surface area contributed by atoms with Crippen molar-refractivity contribution in [3.05, 3.63) is 82.2 Å². The molecule has 2 aromatic carbocycles. The third kappa shape index (κ3) is 5.80. The second-order valence-electron chi connectivity index (χ2n) is 9.80. The molecule has 0 saturated carbocycles. The summed E-state index contributed by atoms with van der Waals surface area (Å²) in [7, 11) is 3.14. The summed E-state index contributed by atoms with van der Waals surface area (Å²) in [6, 6.07) is 12.0. The molecule has 0 amide bonds. The fourth-order valence-corrected chi connectivity index (χ4v) is 5.53. The largest absolute Gasteiger partial charge is 0.496 e. The van der Waals surface area contributed by atoms with Gasteiger partial charge in [0, 0.05) is 30.4 Å². The van der Waals surface area contributed by atoms with Crippen molar-refractivity contribution in [3.8, 4) is 11.5 Å². The summed E-state index contributed by atoms with van der Waals surface area (Å²) in [5, 5.41) is 30.5. The smallest absolute Gasteiger partial charge is 0.337 e. The van der Waals surface area contributed by atoms with Gasteiger partial charge in [0.15, 0.2) is 0 Å². The van der Waals surface area contributed by atoms with E-state index in [9.17, 15) is 24.9 Å². The fourth-order valence-electron chi connectivity index (χ4n) is 5.53. The first-order valence-corrected chi connectivity index (χ1v) is 12.3. The minimum absolute atomic E-state index is 0.0393. The van der Waals surface area contributed by atoms with Crippen LogP contribution in [0.2, 0.25) is 0 Å². The number of carboxylic acid groups (broad SMARTS) is 2. The maximum Gasteiger partial charge on any atom is 0.337 e. The van der Waals surface area contributed by atoms with Crippen molar-refractivity contribution in [2.24, 2.45) is 11.8 Å². The van der Waals surface area contributed by atoms with E-state index < -0.39 is 18.0 Å². The molecule has 1 aliphatic rings. The molecule has 0 saturated heterocycles. The number of aromatic nitrogens is 1. The first-order chi connectivity index (χ1) is 17.7. The van der Waals surface area contributed by atoms with Crippen LogP contribution in [0.5, 0.6) is 11.5 Å². The number of aliphatic carboxylic acids is 1. The highest BCUT2D eigenvalue weighted by molar-refractivity contribution is 5.90. The maximum absolute atomic E-state index is 11.8. The van der Waals surface area contributed by atoms with Crippen LogP contribution in [0.25, 0.3) is 0 Å². The van der Waals surface area contributed by atoms with Crippen molar-refractivity contribution in [1.29, 1.82) is 0 Å². The number of rotatable bonds is 11. The number of aliphatic hydroxyl groups excluding tert-OH is 1.